The maximum Gasteiger partial charge on any atom is 0.251 e. The van der Waals surface area contributed by atoms with Crippen LogP contribution in [0.15, 0.2) is 58.8 Å². The molecular formula is C24H22ClN3O2S2. The molecule has 2 aromatic carbocycles. The summed E-state index contributed by atoms with van der Waals surface area (Å²) in [6.07, 6.45) is 1.02. The van der Waals surface area contributed by atoms with Gasteiger partial charge in [-0.05, 0) is 59.3 Å². The van der Waals surface area contributed by atoms with Gasteiger partial charge in [-0.3, -0.25) is 14.5 Å². The van der Waals surface area contributed by atoms with Gasteiger partial charge in [0.1, 0.15) is 0 Å². The van der Waals surface area contributed by atoms with Gasteiger partial charge < -0.3 is 10.6 Å². The van der Waals surface area contributed by atoms with Gasteiger partial charge in [-0.15, -0.1) is 23.1 Å². The van der Waals surface area contributed by atoms with Crippen molar-refractivity contribution in [1.29, 1.82) is 0 Å². The lowest BCUT2D eigenvalue weighted by atomic mass is 10.0. The molecule has 3 aromatic rings. The van der Waals surface area contributed by atoms with Gasteiger partial charge in [0.05, 0.1) is 17.5 Å². The molecule has 0 bridgehead atoms. The zero-order chi connectivity index (χ0) is 22.1. The number of amides is 2. The van der Waals surface area contributed by atoms with Crippen molar-refractivity contribution in [2.45, 2.75) is 23.9 Å². The fourth-order valence-electron chi connectivity index (χ4n) is 4.19. The lowest BCUT2D eigenvalue weighted by molar-refractivity contribution is -0.113. The number of fused-ring (bicyclic) bond motifs is 2. The van der Waals surface area contributed by atoms with Gasteiger partial charge in [0, 0.05) is 40.0 Å². The van der Waals surface area contributed by atoms with Gasteiger partial charge in [-0.25, -0.2) is 0 Å². The van der Waals surface area contributed by atoms with E-state index in [9.17, 15) is 9.59 Å². The molecule has 1 unspecified atom stereocenters. The second kappa shape index (κ2) is 9.27. The molecule has 0 aliphatic carbocycles. The van der Waals surface area contributed by atoms with Crippen LogP contribution in [0.4, 0.5) is 5.69 Å². The molecule has 0 saturated carbocycles. The molecule has 0 spiro atoms. The van der Waals surface area contributed by atoms with Crippen LogP contribution in [0, 0.1) is 0 Å². The highest BCUT2D eigenvalue weighted by molar-refractivity contribution is 8.00. The number of thiophene rings is 1. The van der Waals surface area contributed by atoms with Crippen molar-refractivity contribution in [2.75, 3.05) is 24.2 Å². The van der Waals surface area contributed by atoms with Crippen molar-refractivity contribution in [3.05, 3.63) is 80.5 Å². The second-order valence-corrected chi connectivity index (χ2v) is 10.4. The molecule has 8 heteroatoms. The summed E-state index contributed by atoms with van der Waals surface area (Å²) in [6, 6.07) is 15.6. The van der Waals surface area contributed by atoms with Gasteiger partial charge in [0.15, 0.2) is 0 Å². The van der Waals surface area contributed by atoms with Gasteiger partial charge in [-0.1, -0.05) is 23.7 Å². The zero-order valence-electron chi connectivity index (χ0n) is 17.3. The fourth-order valence-corrected chi connectivity index (χ4v) is 6.00. The molecule has 164 valence electrons. The Hall–Kier alpha value is -2.32. The summed E-state index contributed by atoms with van der Waals surface area (Å²) >= 11 is 9.42. The summed E-state index contributed by atoms with van der Waals surface area (Å²) in [6.45, 7) is 2.29. The van der Waals surface area contributed by atoms with Crippen LogP contribution in [0.1, 0.15) is 32.4 Å². The molecule has 1 aromatic heterocycles. The monoisotopic (exact) mass is 483 g/mol. The average molecular weight is 484 g/mol. The first-order chi connectivity index (χ1) is 15.6. The second-order valence-electron chi connectivity index (χ2n) is 7.91. The normalized spacial score (nSPS) is 16.6. The predicted molar refractivity (Wildman–Crippen MR) is 131 cm³/mol. The maximum atomic E-state index is 13.0. The molecule has 2 aliphatic rings. The molecule has 0 radical (unpaired) electrons. The minimum absolute atomic E-state index is 0.0390. The first-order valence-electron chi connectivity index (χ1n) is 10.5. The topological polar surface area (TPSA) is 61.4 Å². The Bertz CT molecular complexity index is 1160. The van der Waals surface area contributed by atoms with E-state index in [-0.39, 0.29) is 17.9 Å². The molecule has 32 heavy (non-hydrogen) atoms. The highest BCUT2D eigenvalue weighted by atomic mass is 35.5. The summed E-state index contributed by atoms with van der Waals surface area (Å²) in [5.74, 6) is 0.216. The Morgan fingerprint density at radius 2 is 2.03 bits per heavy atom. The molecular weight excluding hydrogens is 462 g/mol. The summed E-state index contributed by atoms with van der Waals surface area (Å²) in [5, 5.41) is 8.82. The first kappa shape index (κ1) is 21.5. The molecule has 2 amide bonds. The molecule has 2 N–H and O–H groups in total. The van der Waals surface area contributed by atoms with E-state index < -0.39 is 0 Å². The number of hydrogen-bond donors (Lipinski definition) is 2. The van der Waals surface area contributed by atoms with E-state index >= 15 is 0 Å². The lowest BCUT2D eigenvalue weighted by Gasteiger charge is -2.35. The smallest absolute Gasteiger partial charge is 0.251 e. The van der Waals surface area contributed by atoms with E-state index in [0.717, 1.165) is 30.0 Å². The number of anilines is 1. The number of carbonyl (C=O) groups is 2. The van der Waals surface area contributed by atoms with Gasteiger partial charge in [0.25, 0.3) is 5.91 Å². The molecule has 1 atom stereocenters. The quantitative estimate of drug-likeness (QED) is 0.537. The van der Waals surface area contributed by atoms with Crippen LogP contribution in [-0.2, 0) is 17.8 Å². The third-order valence-corrected chi connectivity index (χ3v) is 8.21. The first-order valence-corrected chi connectivity index (χ1v) is 12.7. The van der Waals surface area contributed by atoms with Crippen molar-refractivity contribution >= 4 is 52.2 Å². The summed E-state index contributed by atoms with van der Waals surface area (Å²) in [5.41, 5.74) is 3.74. The summed E-state index contributed by atoms with van der Waals surface area (Å²) in [4.78, 5) is 29.5. The Labute approximate surface area is 200 Å². The standard InChI is InChI=1S/C24H22ClN3O2S2/c25-18-4-1-15(2-5-18)20(28-9-7-21-17(13-28)8-10-31-21)12-26-24(30)16-3-6-22-19(11-16)27-23(29)14-32-22/h1-6,8,10-11,20H,7,9,12-14H2,(H,26,30)(H,27,29). The number of nitrogens with one attached hydrogen (secondary N) is 2. The molecule has 2 aliphatic heterocycles. The van der Waals surface area contributed by atoms with E-state index in [1.807, 2.05) is 47.7 Å². The number of carbonyl (C=O) groups excluding carboxylic acids is 2. The van der Waals surface area contributed by atoms with Crippen molar-refractivity contribution in [3.8, 4) is 0 Å². The highest BCUT2D eigenvalue weighted by Crippen LogP contribution is 2.33. The number of halogens is 1. The van der Waals surface area contributed by atoms with E-state index in [1.54, 1.807) is 6.07 Å². The van der Waals surface area contributed by atoms with Gasteiger partial charge in [0.2, 0.25) is 5.91 Å². The number of hydrogen-bond acceptors (Lipinski definition) is 5. The third-order valence-electron chi connectivity index (χ3n) is 5.86. The minimum atomic E-state index is -0.148. The van der Waals surface area contributed by atoms with Crippen LogP contribution in [0.25, 0.3) is 0 Å². The maximum absolute atomic E-state index is 13.0. The number of thioether (sulfide) groups is 1. The number of benzene rings is 2. The van der Waals surface area contributed by atoms with Crippen molar-refractivity contribution < 1.29 is 9.59 Å². The van der Waals surface area contributed by atoms with Crippen molar-refractivity contribution in [1.82, 2.24) is 10.2 Å². The van der Waals surface area contributed by atoms with Crippen LogP contribution in [0.3, 0.4) is 0 Å². The SMILES string of the molecule is O=C1CSc2ccc(C(=O)NCC(c3ccc(Cl)cc3)N3CCc4sccc4C3)cc2N1. The molecule has 0 saturated heterocycles. The highest BCUT2D eigenvalue weighted by Gasteiger charge is 2.26. The fraction of sp³-hybridized carbons (Fsp3) is 0.250. The van der Waals surface area contributed by atoms with Crippen LogP contribution in [0.2, 0.25) is 5.02 Å². The van der Waals surface area contributed by atoms with Crippen molar-refractivity contribution in [2.24, 2.45) is 0 Å². The zero-order valence-corrected chi connectivity index (χ0v) is 19.7. The Kier molecular flexibility index (Phi) is 6.24. The van der Waals surface area contributed by atoms with E-state index in [2.05, 4.69) is 27.0 Å². The lowest BCUT2D eigenvalue weighted by Crippen LogP contribution is -2.40. The number of rotatable bonds is 5. The van der Waals surface area contributed by atoms with Crippen LogP contribution in [-0.4, -0.2) is 35.6 Å². The Balaban J connectivity index is 1.34. The Morgan fingerprint density at radius 3 is 2.88 bits per heavy atom. The average Bonchev–Trinajstić information content (AvgIpc) is 3.28. The number of nitrogens with zero attached hydrogens (tertiary/aromatic N) is 1. The van der Waals surface area contributed by atoms with Crippen LogP contribution >= 0.6 is 34.7 Å². The van der Waals surface area contributed by atoms with E-state index in [4.69, 9.17) is 11.6 Å². The molecule has 0 fully saturated rings. The summed E-state index contributed by atoms with van der Waals surface area (Å²) < 4.78 is 0. The Morgan fingerprint density at radius 1 is 1.19 bits per heavy atom. The van der Waals surface area contributed by atoms with Crippen molar-refractivity contribution in [3.63, 3.8) is 0 Å². The van der Waals surface area contributed by atoms with Crippen LogP contribution < -0.4 is 10.6 Å². The summed E-state index contributed by atoms with van der Waals surface area (Å²) in [7, 11) is 0. The molecule has 5 rings (SSSR count). The van der Waals surface area contributed by atoms with E-state index in [0.29, 0.717) is 28.6 Å². The third kappa shape index (κ3) is 4.57. The molecule has 3 heterocycles. The molecule has 5 nitrogen and oxygen atoms in total. The van der Waals surface area contributed by atoms with Gasteiger partial charge in [-0.2, -0.15) is 0 Å². The van der Waals surface area contributed by atoms with E-state index in [1.165, 1.54) is 22.2 Å². The van der Waals surface area contributed by atoms with Crippen LogP contribution in [0.5, 0.6) is 0 Å². The largest absolute Gasteiger partial charge is 0.350 e. The van der Waals surface area contributed by atoms with Gasteiger partial charge >= 0.3 is 0 Å². The predicted octanol–water partition coefficient (Wildman–Crippen LogP) is 4.98. The minimum Gasteiger partial charge on any atom is -0.350 e.